The van der Waals surface area contributed by atoms with Gasteiger partial charge in [-0.25, -0.2) is 0 Å². The summed E-state index contributed by atoms with van der Waals surface area (Å²) in [6, 6.07) is 4.59. The van der Waals surface area contributed by atoms with Crippen molar-refractivity contribution in [3.05, 3.63) is 33.9 Å². The molecule has 2 atom stereocenters. The number of nitro benzene ring substituents is 1. The molecule has 2 fully saturated rings. The molecule has 2 unspecified atom stereocenters. The minimum absolute atomic E-state index is 0.0964. The lowest BCUT2D eigenvalue weighted by Crippen LogP contribution is -2.43. The molecule has 2 aliphatic rings. The molecule has 2 aliphatic heterocycles. The quantitative estimate of drug-likeness (QED) is 0.652. The largest absolute Gasteiger partial charge is 0.391 e. The number of nitrogens with zero attached hydrogens (tertiary/aromatic N) is 3. The molecule has 0 aliphatic carbocycles. The number of aliphatic hydroxyl groups excluding tert-OH is 1. The van der Waals surface area contributed by atoms with Crippen molar-refractivity contribution in [2.24, 2.45) is 5.92 Å². The molecule has 0 spiro atoms. The van der Waals surface area contributed by atoms with Gasteiger partial charge in [-0.1, -0.05) is 6.92 Å². The molecule has 0 radical (unpaired) electrons. The number of ether oxygens (including phenoxy) is 1. The molecule has 136 valence electrons. The maximum absolute atomic E-state index is 12.6. The second-order valence-corrected chi connectivity index (χ2v) is 6.64. The number of rotatable bonds is 3. The van der Waals surface area contributed by atoms with Gasteiger partial charge in [-0.2, -0.15) is 0 Å². The second kappa shape index (κ2) is 7.37. The maximum Gasteiger partial charge on any atom is 0.293 e. The van der Waals surface area contributed by atoms with Crippen LogP contribution in [0, 0.1) is 16.0 Å². The second-order valence-electron chi connectivity index (χ2n) is 6.64. The van der Waals surface area contributed by atoms with Crippen LogP contribution in [-0.2, 0) is 4.74 Å². The molecule has 1 N–H and O–H groups in total. The Morgan fingerprint density at radius 3 is 2.68 bits per heavy atom. The van der Waals surface area contributed by atoms with Crippen LogP contribution >= 0.6 is 0 Å². The summed E-state index contributed by atoms with van der Waals surface area (Å²) >= 11 is 0. The molecular weight excluding hydrogens is 326 g/mol. The molecule has 25 heavy (non-hydrogen) atoms. The monoisotopic (exact) mass is 349 g/mol. The first-order chi connectivity index (χ1) is 12.0. The molecule has 2 saturated heterocycles. The van der Waals surface area contributed by atoms with Crippen LogP contribution in [0.3, 0.4) is 0 Å². The van der Waals surface area contributed by atoms with Gasteiger partial charge in [-0.05, 0) is 24.5 Å². The van der Waals surface area contributed by atoms with Crippen molar-refractivity contribution in [2.75, 3.05) is 44.3 Å². The molecule has 8 heteroatoms. The minimum atomic E-state index is -0.511. The fourth-order valence-corrected chi connectivity index (χ4v) is 3.29. The van der Waals surface area contributed by atoms with Gasteiger partial charge in [0.15, 0.2) is 0 Å². The Morgan fingerprint density at radius 1 is 1.32 bits per heavy atom. The van der Waals surface area contributed by atoms with Gasteiger partial charge < -0.3 is 19.6 Å². The third-order valence-electron chi connectivity index (χ3n) is 4.98. The lowest BCUT2D eigenvalue weighted by molar-refractivity contribution is -0.384. The third kappa shape index (κ3) is 3.74. The zero-order chi connectivity index (χ0) is 18.0. The summed E-state index contributed by atoms with van der Waals surface area (Å²) in [7, 11) is 0. The highest BCUT2D eigenvalue weighted by molar-refractivity contribution is 5.96. The number of aliphatic hydroxyl groups is 1. The average Bonchev–Trinajstić information content (AvgIpc) is 2.63. The van der Waals surface area contributed by atoms with Crippen molar-refractivity contribution in [3.8, 4) is 0 Å². The number of piperidine rings is 1. The fourth-order valence-electron chi connectivity index (χ4n) is 3.29. The van der Waals surface area contributed by atoms with E-state index in [-0.39, 0.29) is 17.5 Å². The number of carbonyl (C=O) groups is 1. The Morgan fingerprint density at radius 2 is 2.04 bits per heavy atom. The number of carbonyl (C=O) groups excluding carboxylic acids is 1. The van der Waals surface area contributed by atoms with Crippen LogP contribution in [0.5, 0.6) is 0 Å². The van der Waals surface area contributed by atoms with E-state index in [2.05, 4.69) is 0 Å². The molecule has 2 heterocycles. The molecule has 1 amide bonds. The SMILES string of the molecule is CC1CCN(c2ccc(C(=O)N3CCOCC3)cc2[N+](=O)[O-])CC1O. The van der Waals surface area contributed by atoms with Crippen molar-refractivity contribution in [3.63, 3.8) is 0 Å². The summed E-state index contributed by atoms with van der Waals surface area (Å²) in [6.07, 6.45) is 0.260. The van der Waals surface area contributed by atoms with Gasteiger partial charge >= 0.3 is 0 Å². The van der Waals surface area contributed by atoms with E-state index in [0.717, 1.165) is 6.42 Å². The zero-order valence-corrected chi connectivity index (χ0v) is 14.3. The third-order valence-corrected chi connectivity index (χ3v) is 4.98. The number of β-amino-alcohol motifs (C(OH)–C–C–N with tert-alkyl or cyclic N) is 1. The Hall–Kier alpha value is -2.19. The standard InChI is InChI=1S/C17H23N3O5/c1-12-4-5-19(11-16(12)21)14-3-2-13(10-15(14)20(23)24)17(22)18-6-8-25-9-7-18/h2-3,10,12,16,21H,4-9,11H2,1H3. The van der Waals surface area contributed by atoms with Gasteiger partial charge in [-0.15, -0.1) is 0 Å². The van der Waals surface area contributed by atoms with Crippen molar-refractivity contribution in [1.29, 1.82) is 0 Å². The summed E-state index contributed by atoms with van der Waals surface area (Å²) in [5.74, 6) is -0.0391. The van der Waals surface area contributed by atoms with Gasteiger partial charge in [0.05, 0.1) is 24.2 Å². The van der Waals surface area contributed by atoms with Gasteiger partial charge in [0.2, 0.25) is 0 Å². The first-order valence-electron chi connectivity index (χ1n) is 8.56. The molecule has 0 aromatic heterocycles. The highest BCUT2D eigenvalue weighted by Gasteiger charge is 2.29. The summed E-state index contributed by atoms with van der Waals surface area (Å²) in [6.45, 7) is 4.93. The summed E-state index contributed by atoms with van der Waals surface area (Å²) in [5, 5.41) is 21.6. The molecular formula is C17H23N3O5. The van der Waals surface area contributed by atoms with Gasteiger partial charge in [0.25, 0.3) is 11.6 Å². The van der Waals surface area contributed by atoms with Crippen LogP contribution in [0.2, 0.25) is 0 Å². The van der Waals surface area contributed by atoms with Crippen LogP contribution in [-0.4, -0.2) is 66.3 Å². The van der Waals surface area contributed by atoms with Crippen LogP contribution in [0.15, 0.2) is 18.2 Å². The highest BCUT2D eigenvalue weighted by Crippen LogP contribution is 2.32. The first kappa shape index (κ1) is 17.6. The first-order valence-corrected chi connectivity index (χ1v) is 8.56. The predicted molar refractivity (Wildman–Crippen MR) is 91.8 cm³/mol. The van der Waals surface area contributed by atoms with E-state index in [4.69, 9.17) is 4.74 Å². The predicted octanol–water partition coefficient (Wildman–Crippen LogP) is 1.27. The number of amides is 1. The van der Waals surface area contributed by atoms with Gasteiger partial charge in [0.1, 0.15) is 5.69 Å². The van der Waals surface area contributed by atoms with E-state index < -0.39 is 11.0 Å². The normalized spacial score (nSPS) is 24.2. The number of hydrogen-bond acceptors (Lipinski definition) is 6. The van der Waals surface area contributed by atoms with Crippen LogP contribution in [0.25, 0.3) is 0 Å². The number of anilines is 1. The van der Waals surface area contributed by atoms with Crippen LogP contribution in [0.1, 0.15) is 23.7 Å². The molecule has 1 aromatic rings. The lowest BCUT2D eigenvalue weighted by atomic mass is 9.95. The summed E-state index contributed by atoms with van der Waals surface area (Å²) in [5.41, 5.74) is 0.665. The topological polar surface area (TPSA) is 96.2 Å². The van der Waals surface area contributed by atoms with E-state index >= 15 is 0 Å². The van der Waals surface area contributed by atoms with E-state index in [1.54, 1.807) is 17.0 Å². The van der Waals surface area contributed by atoms with Crippen molar-refractivity contribution >= 4 is 17.3 Å². The van der Waals surface area contributed by atoms with Crippen molar-refractivity contribution in [1.82, 2.24) is 4.90 Å². The maximum atomic E-state index is 12.6. The van der Waals surface area contributed by atoms with E-state index in [1.165, 1.54) is 6.07 Å². The molecule has 8 nitrogen and oxygen atoms in total. The number of benzene rings is 1. The molecule has 0 bridgehead atoms. The Kier molecular flexibility index (Phi) is 5.19. The van der Waals surface area contributed by atoms with Crippen LogP contribution in [0.4, 0.5) is 11.4 Å². The van der Waals surface area contributed by atoms with Crippen molar-refractivity contribution in [2.45, 2.75) is 19.4 Å². The molecule has 1 aromatic carbocycles. The fraction of sp³-hybridized carbons (Fsp3) is 0.588. The average molecular weight is 349 g/mol. The number of nitro groups is 1. The van der Waals surface area contributed by atoms with E-state index in [1.807, 2.05) is 11.8 Å². The van der Waals surface area contributed by atoms with E-state index in [9.17, 15) is 20.0 Å². The Labute approximate surface area is 146 Å². The zero-order valence-electron chi connectivity index (χ0n) is 14.3. The summed E-state index contributed by atoms with van der Waals surface area (Å²) < 4.78 is 5.23. The number of morpholine rings is 1. The highest BCUT2D eigenvalue weighted by atomic mass is 16.6. The van der Waals surface area contributed by atoms with Gasteiger partial charge in [0, 0.05) is 37.8 Å². The number of hydrogen-bond donors (Lipinski definition) is 1. The van der Waals surface area contributed by atoms with Crippen molar-refractivity contribution < 1.29 is 19.6 Å². The lowest BCUT2D eigenvalue weighted by Gasteiger charge is -2.35. The van der Waals surface area contributed by atoms with Crippen LogP contribution < -0.4 is 4.90 Å². The van der Waals surface area contributed by atoms with E-state index in [0.29, 0.717) is 50.6 Å². The smallest absolute Gasteiger partial charge is 0.293 e. The van der Waals surface area contributed by atoms with Gasteiger partial charge in [-0.3, -0.25) is 14.9 Å². The summed E-state index contributed by atoms with van der Waals surface area (Å²) in [4.78, 5) is 27.1. The Balaban J connectivity index is 1.85. The minimum Gasteiger partial charge on any atom is -0.391 e. The molecule has 0 saturated carbocycles. The Bertz CT molecular complexity index is 660. The molecule has 3 rings (SSSR count).